The lowest BCUT2D eigenvalue weighted by atomic mass is 10.0. The number of ketones is 1. The van der Waals surface area contributed by atoms with Crippen molar-refractivity contribution in [3.8, 4) is 0 Å². The molecule has 1 aromatic rings. The molecule has 0 aliphatic heterocycles. The summed E-state index contributed by atoms with van der Waals surface area (Å²) >= 11 is 0. The summed E-state index contributed by atoms with van der Waals surface area (Å²) in [6.45, 7) is 5.19. The average Bonchev–Trinajstić information content (AvgIpc) is 3.25. The van der Waals surface area contributed by atoms with Gasteiger partial charge in [-0.05, 0) is 51.3 Å². The largest absolute Gasteiger partial charge is 0.444 e. The van der Waals surface area contributed by atoms with Gasteiger partial charge in [-0.3, -0.25) is 10.1 Å². The minimum absolute atomic E-state index is 0.00386. The van der Waals surface area contributed by atoms with Gasteiger partial charge in [0, 0.05) is 23.9 Å². The van der Waals surface area contributed by atoms with E-state index < -0.39 is 21.5 Å². The number of hydrogen-bond donors (Lipinski definition) is 1. The van der Waals surface area contributed by atoms with Crippen LogP contribution < -0.4 is 5.32 Å². The quantitative estimate of drug-likeness (QED) is 0.772. The first-order valence-corrected chi connectivity index (χ1v) is 10.2. The molecule has 0 radical (unpaired) electrons. The van der Waals surface area contributed by atoms with Gasteiger partial charge in [0.25, 0.3) is 0 Å². The fourth-order valence-corrected chi connectivity index (χ4v) is 3.04. The summed E-state index contributed by atoms with van der Waals surface area (Å²) in [5, 5.41) is 2.51. The third-order valence-corrected chi connectivity index (χ3v) is 4.87. The first kappa shape index (κ1) is 19.4. The Labute approximate surface area is 148 Å². The number of sulfone groups is 1. The highest BCUT2D eigenvalue weighted by atomic mass is 32.2. The lowest BCUT2D eigenvalue weighted by molar-refractivity contribution is 0.0635. The average molecular weight is 367 g/mol. The van der Waals surface area contributed by atoms with Gasteiger partial charge in [0.1, 0.15) is 5.60 Å². The minimum Gasteiger partial charge on any atom is -0.444 e. The number of ether oxygens (including phenoxy) is 1. The van der Waals surface area contributed by atoms with Crippen LogP contribution in [0.1, 0.15) is 56.8 Å². The standard InChI is InChI=1S/C18H25NO5S/c1-18(2,3)24-17(21)19-14-9-13(10-15(11-14)25(4,22)23)16(20)8-7-12-5-6-12/h9-12H,5-8H2,1-4H3,(H,19,21). The third kappa shape index (κ3) is 6.49. The van der Waals surface area contributed by atoms with Crippen molar-refractivity contribution in [1.82, 2.24) is 0 Å². The Morgan fingerprint density at radius 1 is 1.20 bits per heavy atom. The van der Waals surface area contributed by atoms with Crippen molar-refractivity contribution in [2.24, 2.45) is 5.92 Å². The van der Waals surface area contributed by atoms with Gasteiger partial charge in [-0.1, -0.05) is 12.8 Å². The molecule has 138 valence electrons. The van der Waals surface area contributed by atoms with Crippen LogP contribution in [0.5, 0.6) is 0 Å². The molecule has 6 nitrogen and oxygen atoms in total. The maximum Gasteiger partial charge on any atom is 0.412 e. The number of rotatable bonds is 6. The van der Waals surface area contributed by atoms with Gasteiger partial charge in [-0.2, -0.15) is 0 Å². The molecule has 1 N–H and O–H groups in total. The molecule has 0 spiro atoms. The van der Waals surface area contributed by atoms with Gasteiger partial charge < -0.3 is 4.74 Å². The van der Waals surface area contributed by atoms with Gasteiger partial charge in [0.15, 0.2) is 15.6 Å². The maximum absolute atomic E-state index is 12.4. The number of hydrogen-bond acceptors (Lipinski definition) is 5. The molecular weight excluding hydrogens is 342 g/mol. The number of nitrogens with one attached hydrogen (secondary N) is 1. The van der Waals surface area contributed by atoms with Crippen molar-refractivity contribution < 1.29 is 22.7 Å². The zero-order chi connectivity index (χ0) is 18.8. The number of benzene rings is 1. The van der Waals surface area contributed by atoms with Crippen LogP contribution in [-0.4, -0.2) is 32.2 Å². The van der Waals surface area contributed by atoms with E-state index in [-0.39, 0.29) is 21.9 Å². The van der Waals surface area contributed by atoms with E-state index in [2.05, 4.69) is 5.32 Å². The van der Waals surface area contributed by atoms with E-state index in [0.29, 0.717) is 12.3 Å². The summed E-state index contributed by atoms with van der Waals surface area (Å²) in [4.78, 5) is 24.3. The van der Waals surface area contributed by atoms with Crippen molar-refractivity contribution in [1.29, 1.82) is 0 Å². The Balaban J connectivity index is 2.23. The third-order valence-electron chi connectivity index (χ3n) is 3.78. The van der Waals surface area contributed by atoms with Crippen molar-refractivity contribution in [2.45, 2.75) is 57.0 Å². The summed E-state index contributed by atoms with van der Waals surface area (Å²) in [6.07, 6.45) is 3.87. The number of carbonyl (C=O) groups excluding carboxylic acids is 2. The fraction of sp³-hybridized carbons (Fsp3) is 0.556. The zero-order valence-electron chi connectivity index (χ0n) is 15.1. The van der Waals surface area contributed by atoms with Gasteiger partial charge in [-0.15, -0.1) is 0 Å². The SMILES string of the molecule is CC(C)(C)OC(=O)Nc1cc(C(=O)CCC2CC2)cc(S(C)(=O)=O)c1. The van der Waals surface area contributed by atoms with Crippen molar-refractivity contribution in [3.05, 3.63) is 23.8 Å². The lowest BCUT2D eigenvalue weighted by Crippen LogP contribution is -2.27. The molecule has 1 amide bonds. The molecule has 1 aliphatic carbocycles. The van der Waals surface area contributed by atoms with Crippen LogP contribution in [0.15, 0.2) is 23.1 Å². The molecule has 0 bridgehead atoms. The number of carbonyl (C=O) groups is 2. The predicted molar refractivity (Wildman–Crippen MR) is 95.7 cm³/mol. The topological polar surface area (TPSA) is 89.5 Å². The first-order valence-electron chi connectivity index (χ1n) is 8.32. The van der Waals surface area contributed by atoms with E-state index >= 15 is 0 Å². The summed E-state index contributed by atoms with van der Waals surface area (Å²) in [5.74, 6) is 0.492. The van der Waals surface area contributed by atoms with Gasteiger partial charge >= 0.3 is 6.09 Å². The second-order valence-corrected chi connectivity index (χ2v) is 9.57. The Bertz CT molecular complexity index is 773. The molecular formula is C18H25NO5S. The second kappa shape index (κ2) is 7.15. The van der Waals surface area contributed by atoms with Crippen LogP contribution in [0.4, 0.5) is 10.5 Å². The van der Waals surface area contributed by atoms with Crippen LogP contribution in [0.25, 0.3) is 0 Å². The normalized spacial score (nSPS) is 14.9. The molecule has 1 fully saturated rings. The Morgan fingerprint density at radius 3 is 2.36 bits per heavy atom. The summed E-state index contributed by atoms with van der Waals surface area (Å²) in [6, 6.07) is 4.19. The van der Waals surface area contributed by atoms with E-state index in [9.17, 15) is 18.0 Å². The molecule has 0 saturated heterocycles. The molecule has 1 aliphatic rings. The minimum atomic E-state index is -3.52. The number of Topliss-reactive ketones (excluding diaryl/α,β-unsaturated/α-hetero) is 1. The van der Waals surface area contributed by atoms with Gasteiger partial charge in [0.2, 0.25) is 0 Å². The first-order chi connectivity index (χ1) is 11.4. The predicted octanol–water partition coefficient (Wildman–Crippen LogP) is 3.81. The highest BCUT2D eigenvalue weighted by molar-refractivity contribution is 7.90. The van der Waals surface area contributed by atoms with Crippen molar-refractivity contribution in [3.63, 3.8) is 0 Å². The Hall–Kier alpha value is -1.89. The highest BCUT2D eigenvalue weighted by Crippen LogP contribution is 2.34. The van der Waals surface area contributed by atoms with E-state index in [1.165, 1.54) is 18.2 Å². The Kier molecular flexibility index (Phi) is 5.56. The van der Waals surface area contributed by atoms with Crippen molar-refractivity contribution >= 4 is 27.4 Å². The number of amides is 1. The second-order valence-electron chi connectivity index (χ2n) is 7.55. The highest BCUT2D eigenvalue weighted by Gasteiger charge is 2.23. The molecule has 7 heteroatoms. The smallest absolute Gasteiger partial charge is 0.412 e. The van der Waals surface area contributed by atoms with Crippen LogP contribution in [0, 0.1) is 5.92 Å². The van der Waals surface area contributed by atoms with Crippen LogP contribution in [-0.2, 0) is 14.6 Å². The number of anilines is 1. The molecule has 1 aromatic carbocycles. The molecule has 2 rings (SSSR count). The van der Waals surface area contributed by atoms with E-state index in [0.717, 1.165) is 25.5 Å². The van der Waals surface area contributed by atoms with E-state index in [4.69, 9.17) is 4.74 Å². The lowest BCUT2D eigenvalue weighted by Gasteiger charge is -2.20. The zero-order valence-corrected chi connectivity index (χ0v) is 15.9. The molecule has 0 atom stereocenters. The monoisotopic (exact) mass is 367 g/mol. The van der Waals surface area contributed by atoms with E-state index in [1.807, 2.05) is 0 Å². The summed E-state index contributed by atoms with van der Waals surface area (Å²) in [5.41, 5.74) is -0.164. The maximum atomic E-state index is 12.4. The summed E-state index contributed by atoms with van der Waals surface area (Å²) in [7, 11) is -3.52. The fourth-order valence-electron chi connectivity index (χ4n) is 2.35. The van der Waals surface area contributed by atoms with Gasteiger partial charge in [0.05, 0.1) is 4.90 Å². The molecule has 25 heavy (non-hydrogen) atoms. The molecule has 0 unspecified atom stereocenters. The Morgan fingerprint density at radius 2 is 1.84 bits per heavy atom. The van der Waals surface area contributed by atoms with Crippen molar-refractivity contribution in [2.75, 3.05) is 11.6 Å². The van der Waals surface area contributed by atoms with Crippen LogP contribution >= 0.6 is 0 Å². The van der Waals surface area contributed by atoms with Gasteiger partial charge in [-0.25, -0.2) is 13.2 Å². The summed E-state index contributed by atoms with van der Waals surface area (Å²) < 4.78 is 29.0. The van der Waals surface area contributed by atoms with Crippen LogP contribution in [0.3, 0.4) is 0 Å². The molecule has 0 heterocycles. The van der Waals surface area contributed by atoms with Crippen LogP contribution in [0.2, 0.25) is 0 Å². The molecule has 1 saturated carbocycles. The molecule has 0 aromatic heterocycles. The van der Waals surface area contributed by atoms with E-state index in [1.54, 1.807) is 20.8 Å².